The number of nitrogens with zero attached hydrogens (tertiary/aromatic N) is 3. The number of rotatable bonds is 4. The maximum Gasteiger partial charge on any atom is 0.417 e. The Hall–Kier alpha value is -3.08. The van der Waals surface area contributed by atoms with Gasteiger partial charge < -0.3 is 15.1 Å². The van der Waals surface area contributed by atoms with E-state index in [9.17, 15) is 33.4 Å². The van der Waals surface area contributed by atoms with Crippen molar-refractivity contribution in [1.82, 2.24) is 14.8 Å². The highest BCUT2D eigenvalue weighted by atomic mass is 32.1. The molecule has 3 rings (SSSR count). The number of thiazole rings is 1. The molecule has 0 spiro atoms. The third kappa shape index (κ3) is 4.34. The van der Waals surface area contributed by atoms with Crippen molar-refractivity contribution in [3.8, 4) is 0 Å². The molecular weight excluding hydrogens is 408 g/mol. The van der Waals surface area contributed by atoms with Gasteiger partial charge in [0.25, 0.3) is 0 Å². The summed E-state index contributed by atoms with van der Waals surface area (Å²) < 4.78 is 28.0. The van der Waals surface area contributed by atoms with Crippen molar-refractivity contribution in [2.24, 2.45) is 0 Å². The van der Waals surface area contributed by atoms with Gasteiger partial charge in [0.1, 0.15) is 11.0 Å². The monoisotopic (exact) mass is 425 g/mol. The van der Waals surface area contributed by atoms with Gasteiger partial charge in [-0.2, -0.15) is 4.90 Å². The van der Waals surface area contributed by atoms with Gasteiger partial charge in [0.2, 0.25) is 5.91 Å². The number of carboxylic acid groups (broad SMARTS) is 2. The second-order valence-corrected chi connectivity index (χ2v) is 7.49. The molecule has 2 heterocycles. The molecule has 0 radical (unpaired) electrons. The van der Waals surface area contributed by atoms with Gasteiger partial charge in [-0.3, -0.25) is 4.79 Å². The number of benzene rings is 1. The molecule has 1 aromatic heterocycles. The quantitative estimate of drug-likeness (QED) is 0.777. The molecule has 2 N–H and O–H groups in total. The lowest BCUT2D eigenvalue weighted by molar-refractivity contribution is -0.136. The molecule has 11 heteroatoms. The van der Waals surface area contributed by atoms with Crippen LogP contribution in [-0.4, -0.2) is 55.7 Å². The molecule has 1 fully saturated rings. The van der Waals surface area contributed by atoms with Crippen LogP contribution in [0.2, 0.25) is 0 Å². The maximum absolute atomic E-state index is 14.3. The highest BCUT2D eigenvalue weighted by Crippen LogP contribution is 2.32. The number of amides is 3. The van der Waals surface area contributed by atoms with Crippen molar-refractivity contribution in [3.63, 3.8) is 0 Å². The Labute approximate surface area is 168 Å². The van der Waals surface area contributed by atoms with Gasteiger partial charge in [-0.15, -0.1) is 11.3 Å². The van der Waals surface area contributed by atoms with E-state index in [0.29, 0.717) is 5.01 Å². The van der Waals surface area contributed by atoms with Gasteiger partial charge in [0, 0.05) is 24.0 Å². The number of hydrogen-bond acceptors (Lipinski definition) is 5. The topological polar surface area (TPSA) is 111 Å². The molecule has 1 aromatic carbocycles. The second kappa shape index (κ2) is 8.52. The van der Waals surface area contributed by atoms with Crippen LogP contribution in [0.5, 0.6) is 0 Å². The number of likely N-dealkylation sites (tertiary alicyclic amines) is 1. The van der Waals surface area contributed by atoms with Gasteiger partial charge in [0.05, 0.1) is 6.54 Å². The number of carbonyl (C=O) groups excluding carboxylic acids is 1. The molecule has 8 nitrogen and oxygen atoms in total. The highest BCUT2D eigenvalue weighted by molar-refractivity contribution is 7.09. The van der Waals surface area contributed by atoms with Crippen LogP contribution in [0.15, 0.2) is 29.8 Å². The number of carbonyl (C=O) groups is 3. The fourth-order valence-electron chi connectivity index (χ4n) is 3.45. The predicted molar refractivity (Wildman–Crippen MR) is 97.5 cm³/mol. The van der Waals surface area contributed by atoms with Crippen LogP contribution >= 0.6 is 11.3 Å². The van der Waals surface area contributed by atoms with E-state index < -0.39 is 41.7 Å². The fraction of sp³-hybridized carbons (Fsp3) is 0.333. The van der Waals surface area contributed by atoms with E-state index in [1.54, 1.807) is 5.38 Å². The molecule has 1 aliphatic heterocycles. The molecule has 154 valence electrons. The van der Waals surface area contributed by atoms with Gasteiger partial charge in [0.15, 0.2) is 11.6 Å². The number of hydrogen-bond donors (Lipinski definition) is 2. The zero-order chi connectivity index (χ0) is 21.1. The maximum atomic E-state index is 14.3. The number of aromatic nitrogens is 1. The summed E-state index contributed by atoms with van der Waals surface area (Å²) in [4.78, 5) is 41.3. The van der Waals surface area contributed by atoms with Crippen molar-refractivity contribution < 1.29 is 33.4 Å². The second-order valence-electron chi connectivity index (χ2n) is 6.51. The number of imide groups is 1. The lowest BCUT2D eigenvalue weighted by Gasteiger charge is -2.28. The van der Waals surface area contributed by atoms with Crippen molar-refractivity contribution >= 4 is 29.4 Å². The first-order chi connectivity index (χ1) is 13.8. The van der Waals surface area contributed by atoms with Crippen LogP contribution in [0.1, 0.15) is 29.3 Å². The van der Waals surface area contributed by atoms with Gasteiger partial charge in [-0.1, -0.05) is 12.1 Å². The summed E-state index contributed by atoms with van der Waals surface area (Å²) in [6.45, 7) is -0.0180. The zero-order valence-electron chi connectivity index (χ0n) is 15.0. The zero-order valence-corrected chi connectivity index (χ0v) is 15.8. The molecule has 2 atom stereocenters. The first-order valence-corrected chi connectivity index (χ1v) is 9.53. The van der Waals surface area contributed by atoms with Crippen LogP contribution < -0.4 is 0 Å². The Morgan fingerprint density at radius 3 is 2.59 bits per heavy atom. The Balaban J connectivity index is 1.98. The summed E-state index contributed by atoms with van der Waals surface area (Å²) >= 11 is 1.26. The van der Waals surface area contributed by atoms with E-state index in [1.807, 2.05) is 0 Å². The van der Waals surface area contributed by atoms with E-state index >= 15 is 0 Å². The molecule has 0 bridgehead atoms. The molecule has 1 saturated heterocycles. The molecule has 2 aromatic rings. The van der Waals surface area contributed by atoms with Gasteiger partial charge in [-0.05, 0) is 24.5 Å². The van der Waals surface area contributed by atoms with Crippen molar-refractivity contribution in [2.75, 3.05) is 6.54 Å². The van der Waals surface area contributed by atoms with E-state index in [-0.39, 0.29) is 36.4 Å². The summed E-state index contributed by atoms with van der Waals surface area (Å²) in [5.74, 6) is -3.42. The molecule has 3 amide bonds. The predicted octanol–water partition coefficient (Wildman–Crippen LogP) is 3.35. The standard InChI is InChI=1S/C18H17F2N3O5S/c19-12-3-1-2-11(15(12)20)10-4-5-13(23(17(25)26)18(27)28)16(24)22(8-10)9-14-21-6-7-29-14/h1-3,6-7,10,13H,4-5,8-9H2,(H,25,26)(H,27,28)/t10-,13-/m1/s1. The smallest absolute Gasteiger partial charge is 0.417 e. The van der Waals surface area contributed by atoms with Crippen molar-refractivity contribution in [3.05, 3.63) is 52.0 Å². The summed E-state index contributed by atoms with van der Waals surface area (Å²) in [5, 5.41) is 20.8. The van der Waals surface area contributed by atoms with Crippen LogP contribution in [0.3, 0.4) is 0 Å². The van der Waals surface area contributed by atoms with Crippen molar-refractivity contribution in [2.45, 2.75) is 31.3 Å². The van der Waals surface area contributed by atoms with E-state index in [1.165, 1.54) is 34.6 Å². The minimum atomic E-state index is -1.78. The average molecular weight is 425 g/mol. The fourth-order valence-corrected chi connectivity index (χ4v) is 4.09. The third-order valence-corrected chi connectivity index (χ3v) is 5.55. The third-order valence-electron chi connectivity index (χ3n) is 4.78. The molecule has 29 heavy (non-hydrogen) atoms. The van der Waals surface area contributed by atoms with E-state index in [2.05, 4.69) is 4.98 Å². The summed E-state index contributed by atoms with van der Waals surface area (Å²) in [5.41, 5.74) is 0.0554. The van der Waals surface area contributed by atoms with E-state index in [0.717, 1.165) is 6.07 Å². The van der Waals surface area contributed by atoms with E-state index in [4.69, 9.17) is 0 Å². The minimum Gasteiger partial charge on any atom is -0.464 e. The lowest BCUT2D eigenvalue weighted by Crippen LogP contribution is -2.51. The molecule has 0 saturated carbocycles. The normalized spacial score (nSPS) is 19.7. The largest absolute Gasteiger partial charge is 0.464 e. The summed E-state index contributed by atoms with van der Waals surface area (Å²) in [6, 6.07) is 2.26. The summed E-state index contributed by atoms with van der Waals surface area (Å²) in [7, 11) is 0. The van der Waals surface area contributed by atoms with Crippen LogP contribution in [0, 0.1) is 11.6 Å². The first-order valence-electron chi connectivity index (χ1n) is 8.65. The highest BCUT2D eigenvalue weighted by Gasteiger charge is 2.41. The summed E-state index contributed by atoms with van der Waals surface area (Å²) in [6.07, 6.45) is -2.07. The Morgan fingerprint density at radius 2 is 1.97 bits per heavy atom. The van der Waals surface area contributed by atoms with Crippen LogP contribution in [0.25, 0.3) is 0 Å². The minimum absolute atomic E-state index is 0.00745. The molecule has 0 aliphatic carbocycles. The Bertz CT molecular complexity index is 910. The number of halogens is 2. The molecule has 1 aliphatic rings. The first kappa shape index (κ1) is 20.6. The van der Waals surface area contributed by atoms with Gasteiger partial charge in [-0.25, -0.2) is 23.4 Å². The SMILES string of the molecule is O=C1[C@H](N(C(=O)O)C(=O)O)CC[C@@H](c2cccc(F)c2F)CN1Cc1nccs1. The lowest BCUT2D eigenvalue weighted by atomic mass is 9.93. The molecular formula is C18H17F2N3O5S. The van der Waals surface area contributed by atoms with Gasteiger partial charge >= 0.3 is 12.2 Å². The molecule has 0 unspecified atom stereocenters. The van der Waals surface area contributed by atoms with Crippen LogP contribution in [-0.2, 0) is 11.3 Å². The van der Waals surface area contributed by atoms with Crippen LogP contribution in [0.4, 0.5) is 18.4 Å². The Kier molecular flexibility index (Phi) is 6.06. The average Bonchev–Trinajstić information content (AvgIpc) is 3.12. The Morgan fingerprint density at radius 1 is 1.24 bits per heavy atom. The van der Waals surface area contributed by atoms with Crippen molar-refractivity contribution in [1.29, 1.82) is 0 Å².